The number of benzene rings is 1. The first-order chi connectivity index (χ1) is 8.69. The minimum Gasteiger partial charge on any atom is -0.497 e. The molecule has 1 unspecified atom stereocenters. The summed E-state index contributed by atoms with van der Waals surface area (Å²) in [6.45, 7) is 4.93. The molecule has 4 heteroatoms. The van der Waals surface area contributed by atoms with Crippen molar-refractivity contribution in [2.75, 3.05) is 46.9 Å². The third-order valence-corrected chi connectivity index (χ3v) is 3.53. The molecule has 1 aliphatic rings. The molecule has 0 saturated carbocycles. The smallest absolute Gasteiger partial charge is 0.118 e. The van der Waals surface area contributed by atoms with Gasteiger partial charge < -0.3 is 14.7 Å². The van der Waals surface area contributed by atoms with Crippen LogP contribution in [0.3, 0.4) is 0 Å². The molecule has 1 heterocycles. The van der Waals surface area contributed by atoms with Crippen molar-refractivity contribution in [3.63, 3.8) is 0 Å². The number of rotatable bonds is 4. The minimum absolute atomic E-state index is 0.417. The molecule has 0 radical (unpaired) electrons. The predicted octanol–water partition coefficient (Wildman–Crippen LogP) is 0.976. The van der Waals surface area contributed by atoms with Crippen molar-refractivity contribution in [3.8, 4) is 5.75 Å². The Morgan fingerprint density at radius 2 is 1.78 bits per heavy atom. The molecule has 100 valence electrons. The summed E-state index contributed by atoms with van der Waals surface area (Å²) in [4.78, 5) is 4.63. The number of likely N-dealkylation sites (N-methyl/N-ethyl adjacent to an activating group) is 1. The predicted molar refractivity (Wildman–Crippen MR) is 71.9 cm³/mol. The first kappa shape index (κ1) is 13.3. The van der Waals surface area contributed by atoms with Crippen molar-refractivity contribution in [2.45, 2.75) is 6.10 Å². The summed E-state index contributed by atoms with van der Waals surface area (Å²) in [5, 5.41) is 10.2. The standard InChI is InChI=1S/C14H22N2O2/c1-15-7-9-16(10-8-15)11-14(17)12-3-5-13(18-2)6-4-12/h3-6,14,17H,7-11H2,1-2H3. The van der Waals surface area contributed by atoms with E-state index in [0.29, 0.717) is 6.54 Å². The number of hydrogen-bond donors (Lipinski definition) is 1. The van der Waals surface area contributed by atoms with E-state index in [0.717, 1.165) is 37.5 Å². The second kappa shape index (κ2) is 6.18. The molecule has 1 atom stereocenters. The lowest BCUT2D eigenvalue weighted by Gasteiger charge is -2.33. The number of piperazine rings is 1. The number of hydrogen-bond acceptors (Lipinski definition) is 4. The highest BCUT2D eigenvalue weighted by Crippen LogP contribution is 2.18. The van der Waals surface area contributed by atoms with Gasteiger partial charge in [0, 0.05) is 32.7 Å². The van der Waals surface area contributed by atoms with E-state index in [1.54, 1.807) is 7.11 Å². The Balaban J connectivity index is 1.88. The highest BCUT2D eigenvalue weighted by Gasteiger charge is 2.17. The van der Waals surface area contributed by atoms with Gasteiger partial charge in [-0.2, -0.15) is 0 Å². The second-order valence-corrected chi connectivity index (χ2v) is 4.89. The third-order valence-electron chi connectivity index (χ3n) is 3.53. The number of methoxy groups -OCH3 is 1. The van der Waals surface area contributed by atoms with Crippen LogP contribution >= 0.6 is 0 Å². The van der Waals surface area contributed by atoms with Gasteiger partial charge in [-0.3, -0.25) is 4.90 Å². The van der Waals surface area contributed by atoms with Crippen LogP contribution in [0.25, 0.3) is 0 Å². The molecular weight excluding hydrogens is 228 g/mol. The van der Waals surface area contributed by atoms with E-state index in [1.165, 1.54) is 0 Å². The monoisotopic (exact) mass is 250 g/mol. The Labute approximate surface area is 109 Å². The SMILES string of the molecule is COc1ccc(C(O)CN2CCN(C)CC2)cc1. The van der Waals surface area contributed by atoms with Gasteiger partial charge in [0.2, 0.25) is 0 Å². The molecule has 1 aromatic carbocycles. The molecule has 0 aliphatic carbocycles. The van der Waals surface area contributed by atoms with Crippen molar-refractivity contribution < 1.29 is 9.84 Å². The fraction of sp³-hybridized carbons (Fsp3) is 0.571. The maximum Gasteiger partial charge on any atom is 0.118 e. The lowest BCUT2D eigenvalue weighted by molar-refractivity contribution is 0.0805. The Bertz CT molecular complexity index is 359. The highest BCUT2D eigenvalue weighted by molar-refractivity contribution is 5.28. The topological polar surface area (TPSA) is 35.9 Å². The molecule has 18 heavy (non-hydrogen) atoms. The van der Waals surface area contributed by atoms with Crippen LogP contribution in [0.2, 0.25) is 0 Å². The van der Waals surface area contributed by atoms with Crippen molar-refractivity contribution >= 4 is 0 Å². The number of ether oxygens (including phenoxy) is 1. The Kier molecular flexibility index (Phi) is 4.58. The minimum atomic E-state index is -0.417. The summed E-state index contributed by atoms with van der Waals surface area (Å²) < 4.78 is 5.11. The van der Waals surface area contributed by atoms with Crippen molar-refractivity contribution in [1.82, 2.24) is 9.80 Å². The number of β-amino-alcohol motifs (C(OH)–C–C–N with tert-alkyl or cyclic N) is 1. The van der Waals surface area contributed by atoms with E-state index in [2.05, 4.69) is 16.8 Å². The largest absolute Gasteiger partial charge is 0.497 e. The molecule has 1 saturated heterocycles. The van der Waals surface area contributed by atoms with Crippen LogP contribution in [0.4, 0.5) is 0 Å². The summed E-state index contributed by atoms with van der Waals surface area (Å²) in [5.41, 5.74) is 0.953. The van der Waals surface area contributed by atoms with Crippen molar-refractivity contribution in [1.29, 1.82) is 0 Å². The van der Waals surface area contributed by atoms with Crippen molar-refractivity contribution in [3.05, 3.63) is 29.8 Å². The van der Waals surface area contributed by atoms with Gasteiger partial charge in [-0.1, -0.05) is 12.1 Å². The Morgan fingerprint density at radius 3 is 2.33 bits per heavy atom. The van der Waals surface area contributed by atoms with E-state index >= 15 is 0 Å². The maximum absolute atomic E-state index is 10.2. The fourth-order valence-electron chi connectivity index (χ4n) is 2.21. The van der Waals surface area contributed by atoms with Gasteiger partial charge in [0.1, 0.15) is 5.75 Å². The fourth-order valence-corrected chi connectivity index (χ4v) is 2.21. The third kappa shape index (κ3) is 3.45. The van der Waals surface area contributed by atoms with Crippen LogP contribution < -0.4 is 4.74 Å². The summed E-state index contributed by atoms with van der Waals surface area (Å²) in [6, 6.07) is 7.64. The molecule has 0 amide bonds. The molecule has 1 fully saturated rings. The van der Waals surface area contributed by atoms with Crippen LogP contribution in [-0.2, 0) is 0 Å². The molecule has 4 nitrogen and oxygen atoms in total. The first-order valence-electron chi connectivity index (χ1n) is 6.42. The van der Waals surface area contributed by atoms with Crippen LogP contribution in [-0.4, -0.2) is 61.8 Å². The van der Waals surface area contributed by atoms with E-state index in [9.17, 15) is 5.11 Å². The summed E-state index contributed by atoms with van der Waals surface area (Å²) >= 11 is 0. The molecular formula is C14H22N2O2. The molecule has 1 aromatic rings. The molecule has 1 aliphatic heterocycles. The lowest BCUT2D eigenvalue weighted by Crippen LogP contribution is -2.45. The molecule has 0 aromatic heterocycles. The van der Waals surface area contributed by atoms with Crippen LogP contribution in [0.15, 0.2) is 24.3 Å². The zero-order chi connectivity index (χ0) is 13.0. The zero-order valence-corrected chi connectivity index (χ0v) is 11.2. The number of nitrogens with zero attached hydrogens (tertiary/aromatic N) is 2. The second-order valence-electron chi connectivity index (χ2n) is 4.89. The van der Waals surface area contributed by atoms with Gasteiger partial charge in [0.15, 0.2) is 0 Å². The Morgan fingerprint density at radius 1 is 1.17 bits per heavy atom. The molecule has 0 spiro atoms. The molecule has 0 bridgehead atoms. The number of aliphatic hydroxyl groups is 1. The lowest BCUT2D eigenvalue weighted by atomic mass is 10.1. The van der Waals surface area contributed by atoms with Gasteiger partial charge in [0.25, 0.3) is 0 Å². The molecule has 1 N–H and O–H groups in total. The summed E-state index contributed by atoms with van der Waals surface area (Å²) in [5.74, 6) is 0.825. The van der Waals surface area contributed by atoms with Gasteiger partial charge in [-0.25, -0.2) is 0 Å². The van der Waals surface area contributed by atoms with Gasteiger partial charge in [-0.05, 0) is 24.7 Å². The number of aliphatic hydroxyl groups excluding tert-OH is 1. The van der Waals surface area contributed by atoms with Gasteiger partial charge >= 0.3 is 0 Å². The highest BCUT2D eigenvalue weighted by atomic mass is 16.5. The van der Waals surface area contributed by atoms with E-state index < -0.39 is 6.10 Å². The first-order valence-corrected chi connectivity index (χ1v) is 6.42. The zero-order valence-electron chi connectivity index (χ0n) is 11.2. The van der Waals surface area contributed by atoms with Crippen LogP contribution in [0, 0.1) is 0 Å². The quantitative estimate of drug-likeness (QED) is 0.864. The van der Waals surface area contributed by atoms with E-state index in [1.807, 2.05) is 24.3 Å². The molecule has 2 rings (SSSR count). The Hall–Kier alpha value is -1.10. The normalized spacial score (nSPS) is 19.7. The average Bonchev–Trinajstić information content (AvgIpc) is 2.41. The van der Waals surface area contributed by atoms with Crippen molar-refractivity contribution in [2.24, 2.45) is 0 Å². The summed E-state index contributed by atoms with van der Waals surface area (Å²) in [6.07, 6.45) is -0.417. The van der Waals surface area contributed by atoms with E-state index in [-0.39, 0.29) is 0 Å². The van der Waals surface area contributed by atoms with E-state index in [4.69, 9.17) is 4.74 Å². The van der Waals surface area contributed by atoms with Crippen LogP contribution in [0.1, 0.15) is 11.7 Å². The maximum atomic E-state index is 10.2. The van der Waals surface area contributed by atoms with Crippen LogP contribution in [0.5, 0.6) is 5.75 Å². The average molecular weight is 250 g/mol. The summed E-state index contributed by atoms with van der Waals surface area (Å²) in [7, 11) is 3.78. The van der Waals surface area contributed by atoms with Gasteiger partial charge in [-0.15, -0.1) is 0 Å². The van der Waals surface area contributed by atoms with Gasteiger partial charge in [0.05, 0.1) is 13.2 Å².